The lowest BCUT2D eigenvalue weighted by Gasteiger charge is -2.22. The Morgan fingerprint density at radius 3 is 1.86 bits per heavy atom. The van der Waals surface area contributed by atoms with Crippen LogP contribution in [0.4, 0.5) is 9.59 Å². The quantitative estimate of drug-likeness (QED) is 0.149. The standard InChI is InChI=1S/C35H33N3O4S/c39-34(41-24-28-14-18-32(19-15-28)30-10-5-2-6-11-30)37-20-7-21-38(35(40)42-25-33-22-36-26-43-33)23-27-12-16-31(17-13-27)29-8-3-1-4-9-29/h1-6,8-19,22,26H,7,20-21,23-25H2,(H,37,39). The number of nitrogens with zero attached hydrogens (tertiary/aromatic N) is 2. The van der Waals surface area contributed by atoms with Crippen LogP contribution in [-0.2, 0) is 29.2 Å². The van der Waals surface area contributed by atoms with Crippen LogP contribution in [0.5, 0.6) is 0 Å². The fourth-order valence-corrected chi connectivity index (χ4v) is 5.02. The summed E-state index contributed by atoms with van der Waals surface area (Å²) < 4.78 is 11.0. The molecule has 218 valence electrons. The third-order valence-corrected chi connectivity index (χ3v) is 7.57. The minimum atomic E-state index is -0.497. The molecule has 0 radical (unpaired) electrons. The van der Waals surface area contributed by atoms with Crippen molar-refractivity contribution in [2.45, 2.75) is 26.2 Å². The Balaban J connectivity index is 1.10. The lowest BCUT2D eigenvalue weighted by molar-refractivity contribution is 0.0938. The van der Waals surface area contributed by atoms with Crippen LogP contribution in [-0.4, -0.2) is 35.2 Å². The number of carbonyl (C=O) groups excluding carboxylic acids is 2. The molecule has 5 aromatic rings. The summed E-state index contributed by atoms with van der Waals surface area (Å²) in [6.07, 6.45) is 1.32. The van der Waals surface area contributed by atoms with Gasteiger partial charge < -0.3 is 19.7 Å². The third kappa shape index (κ3) is 9.02. The molecule has 0 aliphatic carbocycles. The first-order chi connectivity index (χ1) is 21.1. The lowest BCUT2D eigenvalue weighted by Crippen LogP contribution is -2.34. The molecule has 0 aliphatic rings. The second kappa shape index (κ2) is 15.3. The Hall–Kier alpha value is -4.95. The van der Waals surface area contributed by atoms with Crippen molar-refractivity contribution >= 4 is 23.5 Å². The molecular formula is C35H33N3O4S. The van der Waals surface area contributed by atoms with Gasteiger partial charge in [0.05, 0.1) is 10.4 Å². The molecule has 0 aliphatic heterocycles. The van der Waals surface area contributed by atoms with Gasteiger partial charge in [-0.3, -0.25) is 4.98 Å². The van der Waals surface area contributed by atoms with Gasteiger partial charge in [-0.1, -0.05) is 109 Å². The number of rotatable bonds is 12. The number of benzene rings is 4. The summed E-state index contributed by atoms with van der Waals surface area (Å²) in [6.45, 7) is 1.50. The minimum Gasteiger partial charge on any atom is -0.445 e. The highest BCUT2D eigenvalue weighted by molar-refractivity contribution is 7.09. The number of nitrogens with one attached hydrogen (secondary N) is 1. The van der Waals surface area contributed by atoms with E-state index in [1.165, 1.54) is 11.3 Å². The molecule has 2 amide bonds. The highest BCUT2D eigenvalue weighted by atomic mass is 32.1. The number of alkyl carbamates (subject to hydrolysis) is 1. The van der Waals surface area contributed by atoms with Crippen molar-refractivity contribution in [2.24, 2.45) is 0 Å². The van der Waals surface area contributed by atoms with Crippen molar-refractivity contribution in [3.8, 4) is 22.3 Å². The van der Waals surface area contributed by atoms with Gasteiger partial charge in [0.15, 0.2) is 0 Å². The van der Waals surface area contributed by atoms with Crippen LogP contribution in [0.25, 0.3) is 22.3 Å². The van der Waals surface area contributed by atoms with Gasteiger partial charge in [0.1, 0.15) is 13.2 Å². The predicted molar refractivity (Wildman–Crippen MR) is 169 cm³/mol. The maximum atomic E-state index is 13.0. The maximum absolute atomic E-state index is 13.0. The number of hydrogen-bond donors (Lipinski definition) is 1. The number of ether oxygens (including phenoxy) is 2. The van der Waals surface area contributed by atoms with E-state index in [-0.39, 0.29) is 13.2 Å². The van der Waals surface area contributed by atoms with Crippen LogP contribution < -0.4 is 5.32 Å². The van der Waals surface area contributed by atoms with E-state index in [2.05, 4.69) is 46.7 Å². The molecular weight excluding hydrogens is 558 g/mol. The van der Waals surface area contributed by atoms with E-state index in [0.29, 0.717) is 26.1 Å². The summed E-state index contributed by atoms with van der Waals surface area (Å²) in [5.41, 5.74) is 8.09. The van der Waals surface area contributed by atoms with Crippen molar-refractivity contribution in [1.82, 2.24) is 15.2 Å². The van der Waals surface area contributed by atoms with E-state index in [9.17, 15) is 9.59 Å². The first-order valence-corrected chi connectivity index (χ1v) is 15.0. The SMILES string of the molecule is O=C(NCCCN(Cc1ccc(-c2ccccc2)cc1)C(=O)OCc1cncs1)OCc1ccc(-c2ccccc2)cc1. The molecule has 0 saturated heterocycles. The summed E-state index contributed by atoms with van der Waals surface area (Å²) >= 11 is 1.44. The van der Waals surface area contributed by atoms with Gasteiger partial charge in [-0.05, 0) is 39.8 Å². The predicted octanol–water partition coefficient (Wildman–Crippen LogP) is 7.93. The van der Waals surface area contributed by atoms with Crippen molar-refractivity contribution in [3.05, 3.63) is 137 Å². The molecule has 4 aromatic carbocycles. The molecule has 1 N–H and O–H groups in total. The van der Waals surface area contributed by atoms with Crippen molar-refractivity contribution in [2.75, 3.05) is 13.1 Å². The van der Waals surface area contributed by atoms with Gasteiger partial charge in [0.25, 0.3) is 0 Å². The molecule has 1 aromatic heterocycles. The van der Waals surface area contributed by atoms with Crippen LogP contribution in [0.3, 0.4) is 0 Å². The Labute approximate surface area is 255 Å². The molecule has 0 unspecified atom stereocenters. The van der Waals surface area contributed by atoms with Crippen LogP contribution >= 0.6 is 11.3 Å². The van der Waals surface area contributed by atoms with Crippen molar-refractivity contribution in [1.29, 1.82) is 0 Å². The number of carbonyl (C=O) groups is 2. The summed E-state index contributed by atoms with van der Waals surface area (Å²) in [5, 5.41) is 2.78. The second-order valence-electron chi connectivity index (χ2n) is 9.93. The number of thiazole rings is 1. The smallest absolute Gasteiger partial charge is 0.410 e. The second-order valence-corrected chi connectivity index (χ2v) is 10.9. The Bertz CT molecular complexity index is 1560. The van der Waals surface area contributed by atoms with E-state index >= 15 is 0 Å². The zero-order chi connectivity index (χ0) is 29.7. The molecule has 1 heterocycles. The average Bonchev–Trinajstić information content (AvgIpc) is 3.59. The molecule has 0 bridgehead atoms. The van der Waals surface area contributed by atoms with E-state index < -0.39 is 12.2 Å². The van der Waals surface area contributed by atoms with Crippen molar-refractivity contribution in [3.63, 3.8) is 0 Å². The van der Waals surface area contributed by atoms with E-state index in [4.69, 9.17) is 9.47 Å². The zero-order valence-corrected chi connectivity index (χ0v) is 24.5. The largest absolute Gasteiger partial charge is 0.445 e. The summed E-state index contributed by atoms with van der Waals surface area (Å²) in [5.74, 6) is 0. The number of amides is 2. The molecule has 0 spiro atoms. The van der Waals surface area contributed by atoms with E-state index in [0.717, 1.165) is 38.3 Å². The summed E-state index contributed by atoms with van der Waals surface area (Å²) in [6, 6.07) is 36.4. The van der Waals surface area contributed by atoms with Crippen LogP contribution in [0.1, 0.15) is 22.4 Å². The van der Waals surface area contributed by atoms with Crippen LogP contribution in [0.2, 0.25) is 0 Å². The molecule has 0 saturated carbocycles. The van der Waals surface area contributed by atoms with E-state index in [1.807, 2.05) is 72.8 Å². The highest BCUT2D eigenvalue weighted by Gasteiger charge is 2.16. The average molecular weight is 592 g/mol. The summed E-state index contributed by atoms with van der Waals surface area (Å²) in [4.78, 5) is 31.9. The van der Waals surface area contributed by atoms with Gasteiger partial charge in [0.2, 0.25) is 0 Å². The van der Waals surface area contributed by atoms with Crippen LogP contribution in [0, 0.1) is 0 Å². The number of hydrogen-bond acceptors (Lipinski definition) is 6. The monoisotopic (exact) mass is 591 g/mol. The highest BCUT2D eigenvalue weighted by Crippen LogP contribution is 2.21. The first-order valence-electron chi connectivity index (χ1n) is 14.1. The Kier molecular flexibility index (Phi) is 10.5. The summed E-state index contributed by atoms with van der Waals surface area (Å²) in [7, 11) is 0. The molecule has 8 heteroatoms. The van der Waals surface area contributed by atoms with Gasteiger partial charge in [0, 0.05) is 25.8 Å². The van der Waals surface area contributed by atoms with Crippen molar-refractivity contribution < 1.29 is 19.1 Å². The number of aromatic nitrogens is 1. The van der Waals surface area contributed by atoms with Gasteiger partial charge in [-0.15, -0.1) is 11.3 Å². The molecule has 7 nitrogen and oxygen atoms in total. The first kappa shape index (κ1) is 29.5. The van der Waals surface area contributed by atoms with Gasteiger partial charge >= 0.3 is 12.2 Å². The topological polar surface area (TPSA) is 80.8 Å². The Morgan fingerprint density at radius 1 is 0.698 bits per heavy atom. The Morgan fingerprint density at radius 2 is 1.28 bits per heavy atom. The molecule has 0 atom stereocenters. The molecule has 43 heavy (non-hydrogen) atoms. The van der Waals surface area contributed by atoms with Crippen LogP contribution in [0.15, 0.2) is 121 Å². The molecule has 5 rings (SSSR count). The fraction of sp³-hybridized carbons (Fsp3) is 0.171. The zero-order valence-electron chi connectivity index (χ0n) is 23.7. The minimum absolute atomic E-state index is 0.170. The normalized spacial score (nSPS) is 10.6. The fourth-order valence-electron chi connectivity index (χ4n) is 4.51. The lowest BCUT2D eigenvalue weighted by atomic mass is 10.0. The van der Waals surface area contributed by atoms with Gasteiger partial charge in [-0.25, -0.2) is 9.59 Å². The third-order valence-electron chi connectivity index (χ3n) is 6.82. The van der Waals surface area contributed by atoms with E-state index in [1.54, 1.807) is 16.6 Å². The molecule has 0 fully saturated rings. The van der Waals surface area contributed by atoms with Gasteiger partial charge in [-0.2, -0.15) is 0 Å². The maximum Gasteiger partial charge on any atom is 0.410 e.